The molecule has 1 saturated carbocycles. The summed E-state index contributed by atoms with van der Waals surface area (Å²) in [5.41, 5.74) is 5.91. The van der Waals surface area contributed by atoms with Gasteiger partial charge in [-0.15, -0.1) is 0 Å². The molecule has 4 aromatic rings. The zero-order valence-electron chi connectivity index (χ0n) is 19.2. The molecule has 0 spiro atoms. The predicted molar refractivity (Wildman–Crippen MR) is 138 cm³/mol. The molecule has 0 saturated heterocycles. The summed E-state index contributed by atoms with van der Waals surface area (Å²) in [6.07, 6.45) is 8.16. The van der Waals surface area contributed by atoms with Gasteiger partial charge in [0, 0.05) is 17.1 Å². The van der Waals surface area contributed by atoms with Crippen molar-refractivity contribution in [3.05, 3.63) is 88.4 Å². The first-order valence-electron chi connectivity index (χ1n) is 12.1. The third-order valence-corrected chi connectivity index (χ3v) is 7.25. The highest BCUT2D eigenvalue weighted by Gasteiger charge is 2.20. The van der Waals surface area contributed by atoms with Gasteiger partial charge >= 0.3 is 5.97 Å². The minimum Gasteiger partial charge on any atom is -0.478 e. The molecule has 3 aromatic carbocycles. The van der Waals surface area contributed by atoms with Gasteiger partial charge in [0.15, 0.2) is 0 Å². The lowest BCUT2D eigenvalue weighted by atomic mass is 9.89. The minimum atomic E-state index is -0.902. The van der Waals surface area contributed by atoms with Gasteiger partial charge in [0.1, 0.15) is 5.82 Å². The number of fused-ring (bicyclic) bond motifs is 1. The molecule has 34 heavy (non-hydrogen) atoms. The van der Waals surface area contributed by atoms with Crippen LogP contribution in [0, 0.1) is 5.92 Å². The van der Waals surface area contributed by atoms with Crippen molar-refractivity contribution in [2.75, 3.05) is 0 Å². The standard InChI is InChI=1S/C29H29ClN2O2/c30-24-16-17-25(23(18-24)15-12-20-10-13-22(14-11-20)29(33)34)28-31-26-8-4-5-9-27(26)32(28)19-21-6-2-1-3-7-21/h4-5,8-11,13-14,16-18,21H,1-3,6-7,12,15,19H2,(H,33,34). The van der Waals surface area contributed by atoms with Gasteiger partial charge in [0.05, 0.1) is 16.6 Å². The number of aryl methyl sites for hydroxylation is 2. The summed E-state index contributed by atoms with van der Waals surface area (Å²) < 4.78 is 2.42. The highest BCUT2D eigenvalue weighted by Crippen LogP contribution is 2.33. The van der Waals surface area contributed by atoms with E-state index in [4.69, 9.17) is 21.7 Å². The lowest BCUT2D eigenvalue weighted by Crippen LogP contribution is -2.15. The molecule has 1 heterocycles. The molecule has 0 unspecified atom stereocenters. The first kappa shape index (κ1) is 22.7. The fourth-order valence-electron chi connectivity index (χ4n) is 5.17. The quantitative estimate of drug-likeness (QED) is 0.304. The van der Waals surface area contributed by atoms with Gasteiger partial charge in [0.25, 0.3) is 0 Å². The number of imidazole rings is 1. The van der Waals surface area contributed by atoms with Gasteiger partial charge in [-0.3, -0.25) is 0 Å². The molecule has 1 aliphatic rings. The van der Waals surface area contributed by atoms with Crippen molar-refractivity contribution in [3.8, 4) is 11.4 Å². The summed E-state index contributed by atoms with van der Waals surface area (Å²) in [5, 5.41) is 9.87. The molecule has 174 valence electrons. The zero-order chi connectivity index (χ0) is 23.5. The van der Waals surface area contributed by atoms with Crippen molar-refractivity contribution in [1.29, 1.82) is 0 Å². The Bertz CT molecular complexity index is 1300. The number of aromatic nitrogens is 2. The number of aromatic carboxylic acids is 1. The minimum absolute atomic E-state index is 0.309. The van der Waals surface area contributed by atoms with Crippen LogP contribution in [0.15, 0.2) is 66.7 Å². The van der Waals surface area contributed by atoms with E-state index in [9.17, 15) is 4.79 Å². The van der Waals surface area contributed by atoms with Crippen LogP contribution in [-0.2, 0) is 19.4 Å². The SMILES string of the molecule is O=C(O)c1ccc(CCc2cc(Cl)ccc2-c2nc3ccccc3n2CC2CCCCC2)cc1. The van der Waals surface area contributed by atoms with Crippen LogP contribution in [0.4, 0.5) is 0 Å². The first-order chi connectivity index (χ1) is 16.6. The highest BCUT2D eigenvalue weighted by molar-refractivity contribution is 6.30. The number of hydrogen-bond acceptors (Lipinski definition) is 2. The van der Waals surface area contributed by atoms with E-state index in [1.165, 1.54) is 37.6 Å². The van der Waals surface area contributed by atoms with Crippen LogP contribution >= 0.6 is 11.6 Å². The maximum atomic E-state index is 11.2. The molecule has 1 aromatic heterocycles. The summed E-state index contributed by atoms with van der Waals surface area (Å²) in [4.78, 5) is 16.2. The lowest BCUT2D eigenvalue weighted by Gasteiger charge is -2.23. The number of carbonyl (C=O) groups is 1. The molecule has 4 nitrogen and oxygen atoms in total. The summed E-state index contributed by atoms with van der Waals surface area (Å²) in [5.74, 6) is 0.800. The van der Waals surface area contributed by atoms with E-state index >= 15 is 0 Å². The van der Waals surface area contributed by atoms with E-state index < -0.39 is 5.97 Å². The van der Waals surface area contributed by atoms with E-state index in [1.54, 1.807) is 12.1 Å². The Kier molecular flexibility index (Phi) is 6.68. The molecular weight excluding hydrogens is 444 g/mol. The Labute approximate surface area is 205 Å². The van der Waals surface area contributed by atoms with Crippen LogP contribution < -0.4 is 0 Å². The topological polar surface area (TPSA) is 55.1 Å². The largest absolute Gasteiger partial charge is 0.478 e. The van der Waals surface area contributed by atoms with Crippen LogP contribution in [0.5, 0.6) is 0 Å². The molecule has 0 radical (unpaired) electrons. The Morgan fingerprint density at radius 2 is 1.74 bits per heavy atom. The average Bonchev–Trinajstić information content (AvgIpc) is 3.22. The molecule has 0 atom stereocenters. The molecule has 5 rings (SSSR count). The Balaban J connectivity index is 1.49. The average molecular weight is 473 g/mol. The molecule has 0 aliphatic heterocycles. The highest BCUT2D eigenvalue weighted by atomic mass is 35.5. The molecule has 1 aliphatic carbocycles. The van der Waals surface area contributed by atoms with E-state index in [-0.39, 0.29) is 0 Å². The zero-order valence-corrected chi connectivity index (χ0v) is 20.0. The lowest BCUT2D eigenvalue weighted by molar-refractivity contribution is 0.0697. The monoisotopic (exact) mass is 472 g/mol. The van der Waals surface area contributed by atoms with Gasteiger partial charge in [-0.2, -0.15) is 0 Å². The molecule has 1 N–H and O–H groups in total. The summed E-state index contributed by atoms with van der Waals surface area (Å²) in [7, 11) is 0. The van der Waals surface area contributed by atoms with Crippen molar-refractivity contribution in [1.82, 2.24) is 9.55 Å². The molecular formula is C29H29ClN2O2. The number of rotatable bonds is 7. The maximum absolute atomic E-state index is 11.2. The number of benzene rings is 3. The fraction of sp³-hybridized carbons (Fsp3) is 0.310. The third kappa shape index (κ3) is 4.88. The molecule has 0 amide bonds. The number of nitrogens with zero attached hydrogens (tertiary/aromatic N) is 2. The second kappa shape index (κ2) is 10.0. The Morgan fingerprint density at radius 3 is 2.50 bits per heavy atom. The summed E-state index contributed by atoms with van der Waals surface area (Å²) in [6, 6.07) is 21.6. The molecule has 1 fully saturated rings. The van der Waals surface area contributed by atoms with E-state index in [1.807, 2.05) is 30.3 Å². The molecule has 0 bridgehead atoms. The van der Waals surface area contributed by atoms with E-state index in [0.717, 1.165) is 52.4 Å². The Morgan fingerprint density at radius 1 is 0.971 bits per heavy atom. The van der Waals surface area contributed by atoms with Crippen molar-refractivity contribution < 1.29 is 9.90 Å². The summed E-state index contributed by atoms with van der Waals surface area (Å²) >= 11 is 6.42. The number of hydrogen-bond donors (Lipinski definition) is 1. The third-order valence-electron chi connectivity index (χ3n) is 7.01. The number of carboxylic acid groups (broad SMARTS) is 1. The predicted octanol–water partition coefficient (Wildman–Crippen LogP) is 7.42. The van der Waals surface area contributed by atoms with Crippen LogP contribution in [0.3, 0.4) is 0 Å². The number of para-hydroxylation sites is 2. The van der Waals surface area contributed by atoms with Crippen molar-refractivity contribution >= 4 is 28.6 Å². The van der Waals surface area contributed by atoms with Crippen LogP contribution in [0.1, 0.15) is 53.6 Å². The van der Waals surface area contributed by atoms with Crippen LogP contribution in [0.2, 0.25) is 5.02 Å². The van der Waals surface area contributed by atoms with Gasteiger partial charge in [-0.25, -0.2) is 9.78 Å². The summed E-state index contributed by atoms with van der Waals surface area (Å²) in [6.45, 7) is 0.995. The van der Waals surface area contributed by atoms with E-state index in [2.05, 4.69) is 28.8 Å². The van der Waals surface area contributed by atoms with Gasteiger partial charge in [-0.05, 0) is 85.2 Å². The van der Waals surface area contributed by atoms with Crippen LogP contribution in [-0.4, -0.2) is 20.6 Å². The van der Waals surface area contributed by atoms with Gasteiger partial charge in [0.2, 0.25) is 0 Å². The number of halogens is 1. The van der Waals surface area contributed by atoms with Gasteiger partial charge in [-0.1, -0.05) is 55.1 Å². The van der Waals surface area contributed by atoms with Crippen molar-refractivity contribution in [3.63, 3.8) is 0 Å². The normalized spacial score (nSPS) is 14.5. The van der Waals surface area contributed by atoms with Crippen LogP contribution in [0.25, 0.3) is 22.4 Å². The van der Waals surface area contributed by atoms with Crippen molar-refractivity contribution in [2.24, 2.45) is 5.92 Å². The number of carboxylic acids is 1. The Hall–Kier alpha value is -3.11. The second-order valence-electron chi connectivity index (χ2n) is 9.34. The fourth-order valence-corrected chi connectivity index (χ4v) is 5.37. The maximum Gasteiger partial charge on any atom is 0.335 e. The first-order valence-corrected chi connectivity index (χ1v) is 12.5. The molecule has 5 heteroatoms. The smallest absolute Gasteiger partial charge is 0.335 e. The van der Waals surface area contributed by atoms with E-state index in [0.29, 0.717) is 11.5 Å². The second-order valence-corrected chi connectivity index (χ2v) is 9.78. The van der Waals surface area contributed by atoms with Gasteiger partial charge < -0.3 is 9.67 Å². The van der Waals surface area contributed by atoms with Crippen molar-refractivity contribution in [2.45, 2.75) is 51.5 Å².